The summed E-state index contributed by atoms with van der Waals surface area (Å²) < 4.78 is 0. The van der Waals surface area contributed by atoms with Gasteiger partial charge in [-0.2, -0.15) is 0 Å². The molecule has 0 atom stereocenters. The maximum absolute atomic E-state index is 6.25. The summed E-state index contributed by atoms with van der Waals surface area (Å²) in [5.41, 5.74) is 3.35. The fourth-order valence-electron chi connectivity index (χ4n) is 2.18. The number of aromatic nitrogens is 1. The van der Waals surface area contributed by atoms with Crippen LogP contribution in [0.15, 0.2) is 53.4 Å². The summed E-state index contributed by atoms with van der Waals surface area (Å²) in [5.74, 6) is 0. The van der Waals surface area contributed by atoms with Crippen molar-refractivity contribution in [2.45, 2.75) is 4.90 Å². The first kappa shape index (κ1) is 11.7. The molecule has 3 aromatic rings. The van der Waals surface area contributed by atoms with Crippen LogP contribution >= 0.6 is 23.4 Å². The Morgan fingerprint density at radius 3 is 2.50 bits per heavy atom. The molecule has 1 N–H and O–H groups in total. The largest absolute Gasteiger partial charge is 0.352 e. The van der Waals surface area contributed by atoms with Crippen molar-refractivity contribution in [2.75, 3.05) is 6.26 Å². The van der Waals surface area contributed by atoms with Crippen LogP contribution in [0, 0.1) is 0 Å². The van der Waals surface area contributed by atoms with Gasteiger partial charge in [-0.05, 0) is 17.9 Å². The molecular weight excluding hydrogens is 262 g/mol. The second-order valence-corrected chi connectivity index (χ2v) is 5.29. The van der Waals surface area contributed by atoms with Gasteiger partial charge in [-0.3, -0.25) is 0 Å². The quantitative estimate of drug-likeness (QED) is 0.634. The first-order chi connectivity index (χ1) is 8.81. The van der Waals surface area contributed by atoms with Crippen molar-refractivity contribution in [3.63, 3.8) is 0 Å². The van der Waals surface area contributed by atoms with Crippen molar-refractivity contribution in [1.29, 1.82) is 0 Å². The lowest BCUT2D eigenvalue weighted by atomic mass is 10.1. The maximum atomic E-state index is 6.25. The van der Waals surface area contributed by atoms with E-state index >= 15 is 0 Å². The zero-order chi connectivity index (χ0) is 12.5. The van der Waals surface area contributed by atoms with Crippen molar-refractivity contribution < 1.29 is 0 Å². The molecule has 2 aromatic carbocycles. The monoisotopic (exact) mass is 273 g/mol. The summed E-state index contributed by atoms with van der Waals surface area (Å²) in [6, 6.07) is 16.4. The van der Waals surface area contributed by atoms with E-state index in [1.807, 2.05) is 30.3 Å². The van der Waals surface area contributed by atoms with Gasteiger partial charge in [-0.1, -0.05) is 54.1 Å². The minimum atomic E-state index is 0.769. The van der Waals surface area contributed by atoms with Gasteiger partial charge in [-0.25, -0.2) is 0 Å². The molecule has 1 heterocycles. The number of rotatable bonds is 2. The number of para-hydroxylation sites is 1. The van der Waals surface area contributed by atoms with Crippen molar-refractivity contribution in [2.24, 2.45) is 0 Å². The van der Waals surface area contributed by atoms with Crippen molar-refractivity contribution in [1.82, 2.24) is 4.98 Å². The average Bonchev–Trinajstić information content (AvgIpc) is 2.80. The molecule has 0 saturated heterocycles. The number of hydrogen-bond donors (Lipinski definition) is 1. The molecule has 3 heteroatoms. The van der Waals surface area contributed by atoms with Crippen LogP contribution in [-0.2, 0) is 0 Å². The van der Waals surface area contributed by atoms with Crippen LogP contribution in [0.4, 0.5) is 0 Å². The van der Waals surface area contributed by atoms with E-state index < -0.39 is 0 Å². The number of fused-ring (bicyclic) bond motifs is 1. The van der Waals surface area contributed by atoms with Crippen molar-refractivity contribution >= 4 is 34.3 Å². The van der Waals surface area contributed by atoms with Gasteiger partial charge >= 0.3 is 0 Å². The maximum Gasteiger partial charge on any atom is 0.0659 e. The molecule has 90 valence electrons. The highest BCUT2D eigenvalue weighted by Gasteiger charge is 2.13. The fourth-order valence-corrected chi connectivity index (χ4v) is 3.16. The lowest BCUT2D eigenvalue weighted by molar-refractivity contribution is 1.40. The SMILES string of the molecule is CSc1c(-c2ccccc2)[nH]c2c(Cl)cccc12. The van der Waals surface area contributed by atoms with Crippen LogP contribution in [0.3, 0.4) is 0 Å². The molecule has 18 heavy (non-hydrogen) atoms. The molecule has 0 bridgehead atoms. The number of halogens is 1. The normalized spacial score (nSPS) is 11.0. The van der Waals surface area contributed by atoms with E-state index in [0.29, 0.717) is 0 Å². The van der Waals surface area contributed by atoms with E-state index in [0.717, 1.165) is 16.2 Å². The Balaban J connectivity index is 2.33. The third-order valence-corrected chi connectivity index (χ3v) is 4.15. The summed E-state index contributed by atoms with van der Waals surface area (Å²) in [5, 5.41) is 1.96. The van der Waals surface area contributed by atoms with Crippen LogP contribution in [0.1, 0.15) is 0 Å². The highest BCUT2D eigenvalue weighted by molar-refractivity contribution is 7.99. The minimum Gasteiger partial charge on any atom is -0.352 e. The van der Waals surface area contributed by atoms with Gasteiger partial charge < -0.3 is 4.98 Å². The van der Waals surface area contributed by atoms with E-state index in [9.17, 15) is 0 Å². The molecule has 0 aliphatic carbocycles. The molecule has 0 radical (unpaired) electrons. The smallest absolute Gasteiger partial charge is 0.0659 e. The van der Waals surface area contributed by atoms with Crippen LogP contribution in [0.2, 0.25) is 5.02 Å². The zero-order valence-corrected chi connectivity index (χ0v) is 11.5. The van der Waals surface area contributed by atoms with E-state index in [1.54, 1.807) is 11.8 Å². The summed E-state index contributed by atoms with van der Waals surface area (Å²) in [6.07, 6.45) is 2.09. The molecule has 0 unspecified atom stereocenters. The standard InChI is InChI=1S/C15H12ClNS/c1-18-15-11-8-5-9-12(16)14(11)17-13(15)10-6-3-2-4-7-10/h2-9,17H,1H3. The topological polar surface area (TPSA) is 15.8 Å². The van der Waals surface area contributed by atoms with E-state index in [4.69, 9.17) is 11.6 Å². The van der Waals surface area contributed by atoms with Crippen LogP contribution in [0.5, 0.6) is 0 Å². The van der Waals surface area contributed by atoms with E-state index in [2.05, 4.69) is 29.4 Å². The molecule has 0 saturated carbocycles. The number of H-pyrrole nitrogens is 1. The number of benzene rings is 2. The van der Waals surface area contributed by atoms with Crippen molar-refractivity contribution in [3.8, 4) is 11.3 Å². The minimum absolute atomic E-state index is 0.769. The van der Waals surface area contributed by atoms with Gasteiger partial charge in [-0.15, -0.1) is 11.8 Å². The molecule has 0 aliphatic rings. The molecule has 1 nitrogen and oxygen atoms in total. The van der Waals surface area contributed by atoms with E-state index in [1.165, 1.54) is 15.8 Å². The van der Waals surface area contributed by atoms with Gasteiger partial charge in [0.15, 0.2) is 0 Å². The molecule has 0 amide bonds. The Bertz CT molecular complexity index is 688. The zero-order valence-electron chi connectivity index (χ0n) is 9.91. The Morgan fingerprint density at radius 1 is 1.00 bits per heavy atom. The van der Waals surface area contributed by atoms with Crippen LogP contribution in [0.25, 0.3) is 22.2 Å². The third-order valence-electron chi connectivity index (χ3n) is 3.00. The van der Waals surface area contributed by atoms with Gasteiger partial charge in [0.25, 0.3) is 0 Å². The Kier molecular flexibility index (Phi) is 3.06. The summed E-state index contributed by atoms with van der Waals surface area (Å²) >= 11 is 7.99. The summed E-state index contributed by atoms with van der Waals surface area (Å²) in [6.45, 7) is 0. The van der Waals surface area contributed by atoms with Gasteiger partial charge in [0.05, 0.1) is 16.2 Å². The Morgan fingerprint density at radius 2 is 1.78 bits per heavy atom. The predicted octanol–water partition coefficient (Wildman–Crippen LogP) is 5.21. The van der Waals surface area contributed by atoms with Gasteiger partial charge in [0.2, 0.25) is 0 Å². The van der Waals surface area contributed by atoms with Crippen molar-refractivity contribution in [3.05, 3.63) is 53.6 Å². The molecule has 3 rings (SSSR count). The number of hydrogen-bond acceptors (Lipinski definition) is 1. The number of nitrogens with one attached hydrogen (secondary N) is 1. The second-order valence-electron chi connectivity index (χ2n) is 4.06. The number of aromatic amines is 1. The first-order valence-electron chi connectivity index (χ1n) is 5.71. The van der Waals surface area contributed by atoms with Crippen LogP contribution < -0.4 is 0 Å². The highest BCUT2D eigenvalue weighted by Crippen LogP contribution is 2.38. The van der Waals surface area contributed by atoms with Crippen LogP contribution in [-0.4, -0.2) is 11.2 Å². The molecule has 0 spiro atoms. The molecule has 0 aliphatic heterocycles. The lowest BCUT2D eigenvalue weighted by Gasteiger charge is -2.01. The molecule has 0 fully saturated rings. The highest BCUT2D eigenvalue weighted by atomic mass is 35.5. The lowest BCUT2D eigenvalue weighted by Crippen LogP contribution is -1.78. The summed E-state index contributed by atoms with van der Waals surface area (Å²) in [7, 11) is 0. The second kappa shape index (κ2) is 4.71. The van der Waals surface area contributed by atoms with E-state index in [-0.39, 0.29) is 0 Å². The number of thioether (sulfide) groups is 1. The first-order valence-corrected chi connectivity index (χ1v) is 7.31. The Labute approximate surface area is 115 Å². The van der Waals surface area contributed by atoms with Gasteiger partial charge in [0.1, 0.15) is 0 Å². The predicted molar refractivity (Wildman–Crippen MR) is 80.5 cm³/mol. The third kappa shape index (κ3) is 1.82. The summed E-state index contributed by atoms with van der Waals surface area (Å²) in [4.78, 5) is 4.70. The molecule has 1 aromatic heterocycles. The van der Waals surface area contributed by atoms with Gasteiger partial charge in [0, 0.05) is 10.3 Å². The fraction of sp³-hybridized carbons (Fsp3) is 0.0667. The molecular formula is C15H12ClNS. The Hall–Kier alpha value is -1.38. The average molecular weight is 274 g/mol.